The van der Waals surface area contributed by atoms with Crippen molar-refractivity contribution in [2.75, 3.05) is 0 Å². The van der Waals surface area contributed by atoms with Crippen molar-refractivity contribution in [2.45, 2.75) is 145 Å². The summed E-state index contributed by atoms with van der Waals surface area (Å²) in [5.74, 6) is 0.547. The van der Waals surface area contributed by atoms with Gasteiger partial charge in [-0.25, -0.2) is 0 Å². The number of aliphatic hydroxyl groups excluding tert-OH is 1. The van der Waals surface area contributed by atoms with E-state index in [1.807, 2.05) is 45.2 Å². The molecule has 0 atom stereocenters. The first kappa shape index (κ1) is 42.9. The van der Waals surface area contributed by atoms with Crippen molar-refractivity contribution in [1.29, 1.82) is 0 Å². The van der Waals surface area contributed by atoms with Gasteiger partial charge in [0.2, 0.25) is 0 Å². The number of pyridine rings is 1. The zero-order valence-electron chi connectivity index (χ0n) is 34.6. The molecule has 5 heteroatoms. The van der Waals surface area contributed by atoms with Crippen LogP contribution in [0, 0.1) is 31.7 Å². The summed E-state index contributed by atoms with van der Waals surface area (Å²) >= 11 is 1.96. The molecule has 0 fully saturated rings. The molecule has 1 N–H and O–H groups in total. The summed E-state index contributed by atoms with van der Waals surface area (Å²) in [5.41, 5.74) is 9.96. The van der Waals surface area contributed by atoms with Crippen LogP contribution in [0.4, 0.5) is 0 Å². The van der Waals surface area contributed by atoms with E-state index in [2.05, 4.69) is 105 Å². The first-order chi connectivity index (χ1) is 24.4. The van der Waals surface area contributed by atoms with Crippen molar-refractivity contribution in [3.05, 3.63) is 88.3 Å². The van der Waals surface area contributed by atoms with Gasteiger partial charge in [0, 0.05) is 64.7 Å². The maximum Gasteiger partial charge on any atom is 0.162 e. The molecule has 3 aromatic carbocycles. The Balaban J connectivity index is 0.000000335. The van der Waals surface area contributed by atoms with Crippen LogP contribution >= 0.6 is 11.3 Å². The molecule has 0 bridgehead atoms. The van der Waals surface area contributed by atoms with Crippen LogP contribution in [-0.4, -0.2) is 15.9 Å². The van der Waals surface area contributed by atoms with Gasteiger partial charge in [-0.3, -0.25) is 9.78 Å². The number of nitrogens with zero attached hydrogens (tertiary/aromatic N) is 1. The van der Waals surface area contributed by atoms with Gasteiger partial charge >= 0.3 is 0 Å². The van der Waals surface area contributed by atoms with Crippen molar-refractivity contribution < 1.29 is 30.0 Å². The maximum atomic E-state index is 11.7. The van der Waals surface area contributed by atoms with Crippen LogP contribution in [0.15, 0.2) is 54.4 Å². The van der Waals surface area contributed by atoms with Gasteiger partial charge in [0.05, 0.1) is 5.76 Å². The van der Waals surface area contributed by atoms with Crippen molar-refractivity contribution >= 4 is 48.1 Å². The fourth-order valence-corrected chi connectivity index (χ4v) is 10.2. The van der Waals surface area contributed by atoms with Gasteiger partial charge in [-0.05, 0) is 102 Å². The Labute approximate surface area is 337 Å². The predicted octanol–water partition coefficient (Wildman–Crippen LogP) is 14.2. The summed E-state index contributed by atoms with van der Waals surface area (Å²) in [6.07, 6.45) is 9.37. The third-order valence-corrected chi connectivity index (χ3v) is 13.3. The molecule has 0 unspecified atom stereocenters. The van der Waals surface area contributed by atoms with Crippen molar-refractivity contribution in [3.63, 3.8) is 0 Å². The molecular formula is C48H62IrNO2S-. The largest absolute Gasteiger partial charge is 0.512 e. The van der Waals surface area contributed by atoms with E-state index in [0.717, 1.165) is 42.3 Å². The smallest absolute Gasteiger partial charge is 0.162 e. The number of hydrogen-bond donors (Lipinski definition) is 1. The number of benzene rings is 3. The molecule has 6 rings (SSSR count). The van der Waals surface area contributed by atoms with E-state index in [0.29, 0.717) is 0 Å². The molecule has 5 aromatic rings. The van der Waals surface area contributed by atoms with Gasteiger partial charge in [0.15, 0.2) is 5.78 Å². The zero-order valence-corrected chi connectivity index (χ0v) is 37.8. The van der Waals surface area contributed by atoms with Crippen LogP contribution in [0.3, 0.4) is 0 Å². The van der Waals surface area contributed by atoms with Gasteiger partial charge in [-0.2, -0.15) is 0 Å². The molecule has 2 heterocycles. The molecule has 0 saturated carbocycles. The number of carbonyl (C=O) groups excluding carboxylic acids is 1. The molecule has 287 valence electrons. The third-order valence-electron chi connectivity index (χ3n) is 12.0. The van der Waals surface area contributed by atoms with Gasteiger partial charge < -0.3 is 5.11 Å². The summed E-state index contributed by atoms with van der Waals surface area (Å²) in [5, 5.41) is 15.0. The molecule has 0 spiro atoms. The SMILES string of the molecule is CCC(CC)C(=O)/C=C(\O)C(CC)CC.Cc1c2c(c3sc4c(-c5[c-]c6ccccc6c(C(C)(C)C)c5)nccc4c3c1C)C(C)(C)CCC2(C)C.[Ir]. The molecular weight excluding hydrogens is 847 g/mol. The minimum Gasteiger partial charge on any atom is -0.512 e. The minimum absolute atomic E-state index is 0. The van der Waals surface area contributed by atoms with Crippen molar-refractivity contribution in [1.82, 2.24) is 4.98 Å². The predicted molar refractivity (Wildman–Crippen MR) is 226 cm³/mol. The first-order valence-electron chi connectivity index (χ1n) is 19.7. The Kier molecular flexibility index (Phi) is 13.3. The van der Waals surface area contributed by atoms with Crippen LogP contribution in [0.5, 0.6) is 0 Å². The summed E-state index contributed by atoms with van der Waals surface area (Å²) in [4.78, 5) is 16.7. The molecule has 1 aliphatic carbocycles. The number of thiophene rings is 1. The maximum absolute atomic E-state index is 11.7. The van der Waals surface area contributed by atoms with E-state index in [1.165, 1.54) is 61.2 Å². The Bertz CT molecular complexity index is 2140. The summed E-state index contributed by atoms with van der Waals surface area (Å²) < 4.78 is 2.76. The minimum atomic E-state index is 0. The number of aromatic nitrogens is 1. The molecule has 2 aromatic heterocycles. The van der Waals surface area contributed by atoms with E-state index in [1.54, 1.807) is 11.1 Å². The normalized spacial score (nSPS) is 15.4. The molecule has 53 heavy (non-hydrogen) atoms. The standard InChI is InChI=1S/C35H38NS.C13H24O2.Ir/c1-20-21(2)28-29(35(8,9)16-15-34(28,6)7)32-27(20)25-14-17-36-30(31(25)37-32)23-18-22-12-10-11-13-24(22)26(19-23)33(3,4)5;1-5-10(6-2)12(14)9-13(15)11(7-3)8-4;/h10-14,17,19H,15-16H2,1-9H3;9-11,14H,5-8H2,1-4H3;/q-1;;/b;12-9-;. The summed E-state index contributed by atoms with van der Waals surface area (Å²) in [6, 6.07) is 17.0. The quantitative estimate of drug-likeness (QED) is 0.0959. The molecule has 0 amide bonds. The first-order valence-corrected chi connectivity index (χ1v) is 20.5. The summed E-state index contributed by atoms with van der Waals surface area (Å²) in [7, 11) is 0. The van der Waals surface area contributed by atoms with Gasteiger partial charge in [0.25, 0.3) is 0 Å². The molecule has 0 aliphatic heterocycles. The van der Waals surface area contributed by atoms with Crippen LogP contribution in [-0.2, 0) is 41.1 Å². The van der Waals surface area contributed by atoms with E-state index in [9.17, 15) is 9.90 Å². The van der Waals surface area contributed by atoms with Crippen LogP contribution < -0.4 is 0 Å². The zero-order chi connectivity index (χ0) is 38.3. The Hall–Kier alpha value is -2.85. The third kappa shape index (κ3) is 8.24. The number of hydrogen-bond acceptors (Lipinski definition) is 4. The van der Waals surface area contributed by atoms with Crippen molar-refractivity contribution in [2.24, 2.45) is 11.8 Å². The second kappa shape index (κ2) is 16.5. The van der Waals surface area contributed by atoms with Crippen molar-refractivity contribution in [3.8, 4) is 11.3 Å². The Morgan fingerprint density at radius 2 is 1.45 bits per heavy atom. The average molecular weight is 909 g/mol. The average Bonchev–Trinajstić information content (AvgIpc) is 3.48. The second-order valence-corrected chi connectivity index (χ2v) is 18.5. The van der Waals surface area contributed by atoms with E-state index in [-0.39, 0.29) is 59.7 Å². The second-order valence-electron chi connectivity index (χ2n) is 17.5. The summed E-state index contributed by atoms with van der Waals surface area (Å²) in [6.45, 7) is 29.4. The topological polar surface area (TPSA) is 50.2 Å². The van der Waals surface area contributed by atoms with E-state index < -0.39 is 0 Å². The van der Waals surface area contributed by atoms with E-state index in [4.69, 9.17) is 4.98 Å². The number of aryl methyl sites for hydroxylation is 1. The molecule has 1 radical (unpaired) electrons. The number of fused-ring (bicyclic) bond motifs is 6. The van der Waals surface area contributed by atoms with Crippen LogP contribution in [0.1, 0.15) is 143 Å². The Morgan fingerprint density at radius 1 is 0.868 bits per heavy atom. The molecule has 1 aliphatic rings. The number of ketones is 1. The van der Waals surface area contributed by atoms with Gasteiger partial charge in [-0.1, -0.05) is 105 Å². The van der Waals surface area contributed by atoms with E-state index >= 15 is 0 Å². The number of carbonyl (C=O) groups is 1. The molecule has 0 saturated heterocycles. The van der Waals surface area contributed by atoms with Gasteiger partial charge in [0.1, 0.15) is 0 Å². The van der Waals surface area contributed by atoms with Crippen LogP contribution in [0.2, 0.25) is 0 Å². The number of allylic oxidation sites excluding steroid dienone is 2. The molecule has 3 nitrogen and oxygen atoms in total. The van der Waals surface area contributed by atoms with Crippen LogP contribution in [0.25, 0.3) is 42.2 Å². The van der Waals surface area contributed by atoms with Gasteiger partial charge in [-0.15, -0.1) is 40.5 Å². The fraction of sp³-hybridized carbons (Fsp3) is 0.500. The monoisotopic (exact) mass is 909 g/mol. The fourth-order valence-electron chi connectivity index (χ4n) is 8.56. The number of aliphatic hydroxyl groups is 1. The Morgan fingerprint density at radius 3 is 2.04 bits per heavy atom. The number of rotatable bonds is 8.